The van der Waals surface area contributed by atoms with Crippen molar-refractivity contribution in [3.05, 3.63) is 52.8 Å². The molecule has 1 N–H and O–H groups in total. The number of nitrogens with zero attached hydrogens (tertiary/aromatic N) is 2. The fourth-order valence-electron chi connectivity index (χ4n) is 2.82. The standard InChI is InChI=1S/C16H20N2O/c1-2-18-11-15(10-17-18)16(19)9-12-6-7-13-4-3-5-14(13)8-12/h6-8,10-11,16,19H,2-5,9H2,1H3. The minimum atomic E-state index is -0.459. The summed E-state index contributed by atoms with van der Waals surface area (Å²) in [6.07, 6.45) is 7.57. The number of benzene rings is 1. The summed E-state index contributed by atoms with van der Waals surface area (Å²) in [5.74, 6) is 0. The fraction of sp³-hybridized carbons (Fsp3) is 0.438. The lowest BCUT2D eigenvalue weighted by Gasteiger charge is -2.10. The van der Waals surface area contributed by atoms with E-state index in [-0.39, 0.29) is 0 Å². The van der Waals surface area contributed by atoms with Crippen LogP contribution in [0.5, 0.6) is 0 Å². The van der Waals surface area contributed by atoms with E-state index in [2.05, 4.69) is 23.3 Å². The van der Waals surface area contributed by atoms with Crippen LogP contribution in [-0.2, 0) is 25.8 Å². The van der Waals surface area contributed by atoms with E-state index in [1.54, 1.807) is 6.20 Å². The normalized spacial score (nSPS) is 15.5. The second kappa shape index (κ2) is 5.17. The molecule has 19 heavy (non-hydrogen) atoms. The molecule has 0 amide bonds. The van der Waals surface area contributed by atoms with Gasteiger partial charge in [0.1, 0.15) is 0 Å². The van der Waals surface area contributed by atoms with Crippen molar-refractivity contribution >= 4 is 0 Å². The van der Waals surface area contributed by atoms with Gasteiger partial charge in [-0.05, 0) is 42.9 Å². The first-order valence-corrected chi connectivity index (χ1v) is 7.07. The van der Waals surface area contributed by atoms with Gasteiger partial charge in [0.25, 0.3) is 0 Å². The lowest BCUT2D eigenvalue weighted by molar-refractivity contribution is 0.178. The minimum absolute atomic E-state index is 0.459. The summed E-state index contributed by atoms with van der Waals surface area (Å²) >= 11 is 0. The molecule has 1 unspecified atom stereocenters. The highest BCUT2D eigenvalue weighted by Gasteiger charge is 2.14. The molecule has 0 saturated carbocycles. The maximum Gasteiger partial charge on any atom is 0.0860 e. The number of fused-ring (bicyclic) bond motifs is 1. The predicted molar refractivity (Wildman–Crippen MR) is 75.0 cm³/mol. The molecule has 1 aromatic carbocycles. The van der Waals surface area contributed by atoms with E-state index in [1.165, 1.54) is 36.0 Å². The lowest BCUT2D eigenvalue weighted by atomic mass is 10.00. The Balaban J connectivity index is 1.73. The highest BCUT2D eigenvalue weighted by atomic mass is 16.3. The largest absolute Gasteiger partial charge is 0.388 e. The first-order valence-electron chi connectivity index (χ1n) is 7.07. The molecule has 1 atom stereocenters. The van der Waals surface area contributed by atoms with Gasteiger partial charge in [-0.15, -0.1) is 0 Å². The van der Waals surface area contributed by atoms with Crippen molar-refractivity contribution in [3.8, 4) is 0 Å². The van der Waals surface area contributed by atoms with Crippen LogP contribution in [0.1, 0.15) is 41.7 Å². The molecule has 0 bridgehead atoms. The van der Waals surface area contributed by atoms with Gasteiger partial charge in [-0.2, -0.15) is 5.10 Å². The van der Waals surface area contributed by atoms with Crippen LogP contribution in [0.15, 0.2) is 30.6 Å². The molecule has 1 aliphatic carbocycles. The van der Waals surface area contributed by atoms with Crippen molar-refractivity contribution in [1.29, 1.82) is 0 Å². The van der Waals surface area contributed by atoms with E-state index < -0.39 is 6.10 Å². The van der Waals surface area contributed by atoms with E-state index in [4.69, 9.17) is 0 Å². The Labute approximate surface area is 113 Å². The fourth-order valence-corrected chi connectivity index (χ4v) is 2.82. The first kappa shape index (κ1) is 12.4. The van der Waals surface area contributed by atoms with Crippen molar-refractivity contribution in [1.82, 2.24) is 9.78 Å². The van der Waals surface area contributed by atoms with Gasteiger partial charge in [-0.25, -0.2) is 0 Å². The van der Waals surface area contributed by atoms with Gasteiger partial charge in [0, 0.05) is 24.7 Å². The molecule has 3 heteroatoms. The second-order valence-electron chi connectivity index (χ2n) is 5.31. The van der Waals surface area contributed by atoms with Crippen LogP contribution in [0.4, 0.5) is 0 Å². The third-order valence-corrected chi connectivity index (χ3v) is 3.95. The molecule has 0 spiro atoms. The Bertz CT molecular complexity index is 574. The van der Waals surface area contributed by atoms with Crippen LogP contribution in [0, 0.1) is 0 Å². The maximum atomic E-state index is 10.3. The van der Waals surface area contributed by atoms with E-state index in [0.717, 1.165) is 12.1 Å². The van der Waals surface area contributed by atoms with Gasteiger partial charge in [-0.3, -0.25) is 4.68 Å². The third-order valence-electron chi connectivity index (χ3n) is 3.95. The Morgan fingerprint density at radius 3 is 2.95 bits per heavy atom. The topological polar surface area (TPSA) is 38.0 Å². The molecule has 1 heterocycles. The second-order valence-corrected chi connectivity index (χ2v) is 5.31. The molecule has 1 aromatic heterocycles. The Morgan fingerprint density at radius 2 is 2.16 bits per heavy atom. The molecule has 0 saturated heterocycles. The van der Waals surface area contributed by atoms with Crippen LogP contribution < -0.4 is 0 Å². The zero-order valence-corrected chi connectivity index (χ0v) is 11.3. The minimum Gasteiger partial charge on any atom is -0.388 e. The van der Waals surface area contributed by atoms with Gasteiger partial charge < -0.3 is 5.11 Å². The molecule has 1 aliphatic rings. The molecule has 3 rings (SSSR count). The molecule has 0 aliphatic heterocycles. The number of aliphatic hydroxyl groups is 1. The molecule has 100 valence electrons. The van der Waals surface area contributed by atoms with Crippen molar-refractivity contribution in [2.24, 2.45) is 0 Å². The average molecular weight is 256 g/mol. The summed E-state index contributed by atoms with van der Waals surface area (Å²) in [6.45, 7) is 2.88. The third kappa shape index (κ3) is 2.56. The maximum absolute atomic E-state index is 10.3. The van der Waals surface area contributed by atoms with Gasteiger partial charge >= 0.3 is 0 Å². The summed E-state index contributed by atoms with van der Waals surface area (Å²) in [4.78, 5) is 0. The highest BCUT2D eigenvalue weighted by molar-refractivity contribution is 5.35. The van der Waals surface area contributed by atoms with E-state index in [0.29, 0.717) is 6.42 Å². The number of hydrogen-bond acceptors (Lipinski definition) is 2. The summed E-state index contributed by atoms with van der Waals surface area (Å²) < 4.78 is 1.85. The highest BCUT2D eigenvalue weighted by Crippen LogP contribution is 2.25. The van der Waals surface area contributed by atoms with E-state index in [9.17, 15) is 5.11 Å². The van der Waals surface area contributed by atoms with Crippen molar-refractivity contribution < 1.29 is 5.11 Å². The first-order chi connectivity index (χ1) is 9.26. The van der Waals surface area contributed by atoms with Crippen LogP contribution >= 0.6 is 0 Å². The number of aliphatic hydroxyl groups excluding tert-OH is 1. The summed E-state index contributed by atoms with van der Waals surface area (Å²) in [7, 11) is 0. The molecule has 0 radical (unpaired) electrons. The lowest BCUT2D eigenvalue weighted by Crippen LogP contribution is -2.01. The SMILES string of the molecule is CCn1cc(C(O)Cc2ccc3c(c2)CCC3)cn1. The predicted octanol–water partition coefficient (Wildman–Crippen LogP) is 2.67. The average Bonchev–Trinajstić information content (AvgIpc) is 3.06. The summed E-state index contributed by atoms with van der Waals surface area (Å²) in [6, 6.07) is 6.63. The number of hydrogen-bond donors (Lipinski definition) is 1. The molecule has 0 fully saturated rings. The van der Waals surface area contributed by atoms with Crippen molar-refractivity contribution in [2.45, 2.75) is 45.3 Å². The van der Waals surface area contributed by atoms with Crippen LogP contribution in [0.3, 0.4) is 0 Å². The molecule has 3 nitrogen and oxygen atoms in total. The quantitative estimate of drug-likeness (QED) is 0.913. The van der Waals surface area contributed by atoms with Gasteiger partial charge in [0.2, 0.25) is 0 Å². The Hall–Kier alpha value is -1.61. The summed E-state index contributed by atoms with van der Waals surface area (Å²) in [5, 5.41) is 14.5. The zero-order chi connectivity index (χ0) is 13.2. The van der Waals surface area contributed by atoms with E-state index >= 15 is 0 Å². The molecular weight excluding hydrogens is 236 g/mol. The van der Waals surface area contributed by atoms with Gasteiger partial charge in [-0.1, -0.05) is 18.2 Å². The van der Waals surface area contributed by atoms with Gasteiger partial charge in [0.05, 0.1) is 12.3 Å². The Kier molecular flexibility index (Phi) is 3.38. The number of rotatable bonds is 4. The van der Waals surface area contributed by atoms with E-state index in [1.807, 2.05) is 17.8 Å². The van der Waals surface area contributed by atoms with Crippen molar-refractivity contribution in [3.63, 3.8) is 0 Å². The number of aromatic nitrogens is 2. The van der Waals surface area contributed by atoms with Crippen LogP contribution in [0.25, 0.3) is 0 Å². The van der Waals surface area contributed by atoms with Crippen LogP contribution in [-0.4, -0.2) is 14.9 Å². The monoisotopic (exact) mass is 256 g/mol. The smallest absolute Gasteiger partial charge is 0.0860 e. The van der Waals surface area contributed by atoms with Crippen LogP contribution in [0.2, 0.25) is 0 Å². The Morgan fingerprint density at radius 1 is 1.32 bits per heavy atom. The zero-order valence-electron chi connectivity index (χ0n) is 11.3. The van der Waals surface area contributed by atoms with Crippen molar-refractivity contribution in [2.75, 3.05) is 0 Å². The summed E-state index contributed by atoms with van der Waals surface area (Å²) in [5.41, 5.74) is 5.07. The molecule has 2 aromatic rings. The number of aryl methyl sites for hydroxylation is 3. The van der Waals surface area contributed by atoms with Gasteiger partial charge in [0.15, 0.2) is 0 Å². The molecular formula is C16H20N2O.